The molecule has 2 heterocycles. The molecule has 3 rings (SSSR count). The van der Waals surface area contributed by atoms with Crippen LogP contribution in [0.25, 0.3) is 0 Å². The van der Waals surface area contributed by atoms with Crippen LogP contribution >= 0.6 is 11.6 Å². The molecule has 1 saturated heterocycles. The highest BCUT2D eigenvalue weighted by atomic mass is 35.5. The van der Waals surface area contributed by atoms with E-state index >= 15 is 0 Å². The average Bonchev–Trinajstić information content (AvgIpc) is 2.96. The lowest BCUT2D eigenvalue weighted by atomic mass is 10.2. The normalized spacial score (nSPS) is 16.0. The minimum atomic E-state index is -0.0528. The van der Waals surface area contributed by atoms with E-state index in [2.05, 4.69) is 10.1 Å². The van der Waals surface area contributed by atoms with Crippen molar-refractivity contribution in [1.29, 1.82) is 0 Å². The molecule has 1 aliphatic rings. The Morgan fingerprint density at radius 3 is 2.50 bits per heavy atom. The Morgan fingerprint density at radius 1 is 1.23 bits per heavy atom. The quantitative estimate of drug-likeness (QED) is 0.872. The Hall–Kier alpha value is -1.85. The topological polar surface area (TPSA) is 49.6 Å². The molecule has 6 heteroatoms. The maximum absolute atomic E-state index is 12.3. The number of rotatable bonds is 3. The van der Waals surface area contributed by atoms with Gasteiger partial charge in [0, 0.05) is 43.8 Å². The third-order valence-electron chi connectivity index (χ3n) is 3.83. The third kappa shape index (κ3) is 3.48. The van der Waals surface area contributed by atoms with Crippen molar-refractivity contribution in [2.45, 2.75) is 13.5 Å². The molecule has 1 aromatic carbocycles. The van der Waals surface area contributed by atoms with Crippen molar-refractivity contribution >= 4 is 17.5 Å². The first-order valence-corrected chi connectivity index (χ1v) is 7.69. The smallest absolute Gasteiger partial charge is 0.276 e. The van der Waals surface area contributed by atoms with Crippen LogP contribution in [0.15, 0.2) is 34.9 Å². The van der Waals surface area contributed by atoms with Gasteiger partial charge in [0.1, 0.15) is 5.76 Å². The maximum atomic E-state index is 12.3. The zero-order valence-corrected chi connectivity index (χ0v) is 13.2. The van der Waals surface area contributed by atoms with Gasteiger partial charge in [0.05, 0.1) is 0 Å². The number of aryl methyl sites for hydroxylation is 1. The summed E-state index contributed by atoms with van der Waals surface area (Å²) in [4.78, 5) is 16.4. The maximum Gasteiger partial charge on any atom is 0.276 e. The lowest BCUT2D eigenvalue weighted by molar-refractivity contribution is 0.0618. The highest BCUT2D eigenvalue weighted by Gasteiger charge is 2.24. The van der Waals surface area contributed by atoms with Crippen molar-refractivity contribution in [2.75, 3.05) is 26.2 Å². The number of aromatic nitrogens is 1. The number of hydrogen-bond donors (Lipinski definition) is 0. The lowest BCUT2D eigenvalue weighted by Crippen LogP contribution is -2.48. The number of benzene rings is 1. The SMILES string of the molecule is Cc1cc(C(=O)N2CCN(Cc3ccc(Cl)cc3)CC2)no1. The second kappa shape index (κ2) is 6.50. The predicted molar refractivity (Wildman–Crippen MR) is 83.9 cm³/mol. The van der Waals surface area contributed by atoms with Crippen LogP contribution in [0.2, 0.25) is 5.02 Å². The first-order chi connectivity index (χ1) is 10.6. The van der Waals surface area contributed by atoms with E-state index in [1.807, 2.05) is 29.2 Å². The molecule has 116 valence electrons. The monoisotopic (exact) mass is 319 g/mol. The van der Waals surface area contributed by atoms with E-state index in [4.69, 9.17) is 16.1 Å². The Morgan fingerprint density at radius 2 is 1.91 bits per heavy atom. The van der Waals surface area contributed by atoms with Crippen molar-refractivity contribution in [3.63, 3.8) is 0 Å². The molecule has 1 amide bonds. The molecular formula is C16H18ClN3O2. The van der Waals surface area contributed by atoms with Crippen LogP contribution in [0.1, 0.15) is 21.8 Å². The molecule has 0 saturated carbocycles. The van der Waals surface area contributed by atoms with Crippen molar-refractivity contribution in [3.8, 4) is 0 Å². The van der Waals surface area contributed by atoms with Crippen LogP contribution in [-0.2, 0) is 6.54 Å². The van der Waals surface area contributed by atoms with Crippen molar-refractivity contribution in [3.05, 3.63) is 52.4 Å². The molecule has 1 aliphatic heterocycles. The van der Waals surface area contributed by atoms with Gasteiger partial charge >= 0.3 is 0 Å². The van der Waals surface area contributed by atoms with Gasteiger partial charge in [-0.2, -0.15) is 0 Å². The molecule has 1 fully saturated rings. The summed E-state index contributed by atoms with van der Waals surface area (Å²) < 4.78 is 4.97. The van der Waals surface area contributed by atoms with Crippen LogP contribution in [0.4, 0.5) is 0 Å². The summed E-state index contributed by atoms with van der Waals surface area (Å²) in [6.45, 7) is 5.78. The minimum Gasteiger partial charge on any atom is -0.361 e. The highest BCUT2D eigenvalue weighted by molar-refractivity contribution is 6.30. The van der Waals surface area contributed by atoms with Gasteiger partial charge in [0.15, 0.2) is 5.69 Å². The van der Waals surface area contributed by atoms with Crippen LogP contribution in [-0.4, -0.2) is 47.0 Å². The highest BCUT2D eigenvalue weighted by Crippen LogP contribution is 2.14. The average molecular weight is 320 g/mol. The van der Waals surface area contributed by atoms with E-state index < -0.39 is 0 Å². The molecule has 0 atom stereocenters. The Balaban J connectivity index is 1.54. The van der Waals surface area contributed by atoms with Gasteiger partial charge in [-0.25, -0.2) is 0 Å². The van der Waals surface area contributed by atoms with E-state index in [9.17, 15) is 4.79 Å². The molecule has 5 nitrogen and oxygen atoms in total. The summed E-state index contributed by atoms with van der Waals surface area (Å²) in [5, 5.41) is 4.55. The number of carbonyl (C=O) groups is 1. The Labute approximate surface area is 134 Å². The minimum absolute atomic E-state index is 0.0528. The molecule has 0 aliphatic carbocycles. The summed E-state index contributed by atoms with van der Waals surface area (Å²) in [6.07, 6.45) is 0. The van der Waals surface area contributed by atoms with E-state index in [1.54, 1.807) is 13.0 Å². The predicted octanol–water partition coefficient (Wildman–Crippen LogP) is 2.59. The van der Waals surface area contributed by atoms with Crippen molar-refractivity contribution < 1.29 is 9.32 Å². The first kappa shape index (κ1) is 15.1. The zero-order chi connectivity index (χ0) is 15.5. The summed E-state index contributed by atoms with van der Waals surface area (Å²) in [6, 6.07) is 9.58. The Kier molecular flexibility index (Phi) is 4.45. The lowest BCUT2D eigenvalue weighted by Gasteiger charge is -2.34. The number of hydrogen-bond acceptors (Lipinski definition) is 4. The van der Waals surface area contributed by atoms with Gasteiger partial charge in [0.25, 0.3) is 5.91 Å². The molecule has 22 heavy (non-hydrogen) atoms. The van der Waals surface area contributed by atoms with Gasteiger partial charge in [-0.15, -0.1) is 0 Å². The fourth-order valence-corrected chi connectivity index (χ4v) is 2.71. The van der Waals surface area contributed by atoms with Gasteiger partial charge in [-0.1, -0.05) is 28.9 Å². The molecule has 0 unspecified atom stereocenters. The molecule has 1 aromatic heterocycles. The van der Waals surface area contributed by atoms with E-state index in [1.165, 1.54) is 5.56 Å². The second-order valence-corrected chi connectivity index (χ2v) is 5.95. The van der Waals surface area contributed by atoms with Crippen LogP contribution in [0, 0.1) is 6.92 Å². The molecule has 0 bridgehead atoms. The fraction of sp³-hybridized carbons (Fsp3) is 0.375. The molecule has 0 spiro atoms. The summed E-state index contributed by atoms with van der Waals surface area (Å²) in [7, 11) is 0. The van der Waals surface area contributed by atoms with E-state index in [0.29, 0.717) is 24.5 Å². The number of carbonyl (C=O) groups excluding carboxylic acids is 1. The van der Waals surface area contributed by atoms with Gasteiger partial charge in [-0.05, 0) is 24.6 Å². The first-order valence-electron chi connectivity index (χ1n) is 7.31. The largest absolute Gasteiger partial charge is 0.361 e. The molecule has 0 N–H and O–H groups in total. The molecular weight excluding hydrogens is 302 g/mol. The standard InChI is InChI=1S/C16H18ClN3O2/c1-12-10-15(18-22-12)16(21)20-8-6-19(7-9-20)11-13-2-4-14(17)5-3-13/h2-5,10H,6-9,11H2,1H3. The second-order valence-electron chi connectivity index (χ2n) is 5.52. The van der Waals surface area contributed by atoms with Crippen molar-refractivity contribution in [2.24, 2.45) is 0 Å². The Bertz CT molecular complexity index is 646. The number of piperazine rings is 1. The summed E-state index contributed by atoms with van der Waals surface area (Å²) in [5.74, 6) is 0.604. The van der Waals surface area contributed by atoms with Gasteiger partial charge in [0.2, 0.25) is 0 Å². The van der Waals surface area contributed by atoms with Gasteiger partial charge < -0.3 is 9.42 Å². The number of halogens is 1. The van der Waals surface area contributed by atoms with Crippen LogP contribution < -0.4 is 0 Å². The number of nitrogens with zero attached hydrogens (tertiary/aromatic N) is 3. The number of amides is 1. The molecule has 2 aromatic rings. The fourth-order valence-electron chi connectivity index (χ4n) is 2.59. The summed E-state index contributed by atoms with van der Waals surface area (Å²) in [5.41, 5.74) is 1.62. The van der Waals surface area contributed by atoms with Gasteiger partial charge in [-0.3, -0.25) is 9.69 Å². The van der Waals surface area contributed by atoms with Crippen LogP contribution in [0.5, 0.6) is 0 Å². The third-order valence-corrected chi connectivity index (χ3v) is 4.08. The van der Waals surface area contributed by atoms with Crippen LogP contribution in [0.3, 0.4) is 0 Å². The molecule has 0 radical (unpaired) electrons. The van der Waals surface area contributed by atoms with Crippen molar-refractivity contribution in [1.82, 2.24) is 15.0 Å². The van der Waals surface area contributed by atoms with E-state index in [-0.39, 0.29) is 5.91 Å². The van der Waals surface area contributed by atoms with E-state index in [0.717, 1.165) is 24.7 Å². The zero-order valence-electron chi connectivity index (χ0n) is 12.5. The summed E-state index contributed by atoms with van der Waals surface area (Å²) >= 11 is 5.90.